The number of likely N-dealkylation sites (tertiary alicyclic amines) is 1. The van der Waals surface area contributed by atoms with Crippen molar-refractivity contribution in [3.05, 3.63) is 35.5 Å². The van der Waals surface area contributed by atoms with Crippen LogP contribution in [0.5, 0.6) is 0 Å². The van der Waals surface area contributed by atoms with Gasteiger partial charge in [-0.05, 0) is 57.9 Å². The summed E-state index contributed by atoms with van der Waals surface area (Å²) in [7, 11) is 4.31. The molecular weight excluding hydrogens is 304 g/mol. The lowest BCUT2D eigenvalue weighted by atomic mass is 9.98. The number of piperidine rings is 1. The van der Waals surface area contributed by atoms with Crippen molar-refractivity contribution in [1.29, 1.82) is 0 Å². The van der Waals surface area contributed by atoms with Crippen molar-refractivity contribution in [1.82, 2.24) is 19.8 Å². The molecule has 1 aliphatic heterocycles. The van der Waals surface area contributed by atoms with Gasteiger partial charge in [0.15, 0.2) is 5.82 Å². The smallest absolute Gasteiger partial charge is 0.169 e. The summed E-state index contributed by atoms with van der Waals surface area (Å²) in [6, 6.07) is 4.81. The van der Waals surface area contributed by atoms with E-state index in [0.29, 0.717) is 6.04 Å². The summed E-state index contributed by atoms with van der Waals surface area (Å²) >= 11 is 1.69. The molecule has 0 unspecified atom stereocenters. The summed E-state index contributed by atoms with van der Waals surface area (Å²) in [5.41, 5.74) is 1.22. The van der Waals surface area contributed by atoms with Crippen LogP contribution in [-0.2, 0) is 6.54 Å². The summed E-state index contributed by atoms with van der Waals surface area (Å²) in [6.07, 6.45) is 9.25. The van der Waals surface area contributed by atoms with Crippen LogP contribution >= 0.6 is 11.3 Å². The van der Waals surface area contributed by atoms with Gasteiger partial charge in [-0.25, -0.2) is 9.97 Å². The van der Waals surface area contributed by atoms with Crippen LogP contribution in [0.2, 0.25) is 0 Å². The summed E-state index contributed by atoms with van der Waals surface area (Å²) in [5, 5.41) is 2.07. The summed E-state index contributed by atoms with van der Waals surface area (Å²) in [6.45, 7) is 3.34. The van der Waals surface area contributed by atoms with Gasteiger partial charge in [0.25, 0.3) is 0 Å². The van der Waals surface area contributed by atoms with Crippen LogP contribution in [0, 0.1) is 0 Å². The molecule has 1 fully saturated rings. The SMILES string of the molecule is CN(C)CC[C@@H]1CCCCN1Cc1cnc(-c2cccs2)nc1. The molecule has 124 valence electrons. The van der Waals surface area contributed by atoms with E-state index in [1.807, 2.05) is 18.5 Å². The Hall–Kier alpha value is -1.30. The van der Waals surface area contributed by atoms with Crippen LogP contribution in [-0.4, -0.2) is 53.0 Å². The fourth-order valence-corrected chi connectivity index (χ4v) is 3.88. The van der Waals surface area contributed by atoms with E-state index in [-0.39, 0.29) is 0 Å². The highest BCUT2D eigenvalue weighted by Crippen LogP contribution is 2.23. The van der Waals surface area contributed by atoms with Gasteiger partial charge in [-0.15, -0.1) is 11.3 Å². The van der Waals surface area contributed by atoms with E-state index in [0.717, 1.165) is 23.8 Å². The second-order valence-electron chi connectivity index (χ2n) is 6.60. The Bertz CT molecular complexity index is 580. The quantitative estimate of drug-likeness (QED) is 0.811. The van der Waals surface area contributed by atoms with Gasteiger partial charge in [-0.2, -0.15) is 0 Å². The molecular formula is C18H26N4S. The van der Waals surface area contributed by atoms with E-state index < -0.39 is 0 Å². The Morgan fingerprint density at radius 3 is 2.78 bits per heavy atom. The van der Waals surface area contributed by atoms with E-state index in [1.54, 1.807) is 11.3 Å². The number of hydrogen-bond donors (Lipinski definition) is 0. The molecule has 1 atom stereocenters. The van der Waals surface area contributed by atoms with Gasteiger partial charge in [-0.1, -0.05) is 12.5 Å². The minimum absolute atomic E-state index is 0.697. The zero-order valence-corrected chi connectivity index (χ0v) is 14.9. The summed E-state index contributed by atoms with van der Waals surface area (Å²) in [5.74, 6) is 0.839. The fraction of sp³-hybridized carbons (Fsp3) is 0.556. The standard InChI is InChI=1S/C18H26N4S/c1-21(2)10-8-16-6-3-4-9-22(16)14-15-12-19-18(20-13-15)17-7-5-11-23-17/h5,7,11-13,16H,3-4,6,8-10,14H2,1-2H3/t16-/m0/s1. The molecule has 2 aromatic rings. The molecule has 0 bridgehead atoms. The van der Waals surface area contributed by atoms with Crippen LogP contribution in [0.1, 0.15) is 31.2 Å². The van der Waals surface area contributed by atoms with E-state index in [1.165, 1.54) is 37.8 Å². The van der Waals surface area contributed by atoms with E-state index in [2.05, 4.69) is 45.3 Å². The lowest BCUT2D eigenvalue weighted by molar-refractivity contribution is 0.124. The highest BCUT2D eigenvalue weighted by atomic mass is 32.1. The minimum Gasteiger partial charge on any atom is -0.309 e. The van der Waals surface area contributed by atoms with Crippen molar-refractivity contribution in [2.45, 2.75) is 38.3 Å². The maximum atomic E-state index is 4.55. The van der Waals surface area contributed by atoms with Crippen molar-refractivity contribution in [3.8, 4) is 10.7 Å². The van der Waals surface area contributed by atoms with Crippen LogP contribution in [0.15, 0.2) is 29.9 Å². The Balaban J connectivity index is 1.62. The topological polar surface area (TPSA) is 32.3 Å². The molecule has 0 aromatic carbocycles. The third-order valence-electron chi connectivity index (χ3n) is 4.49. The predicted molar refractivity (Wildman–Crippen MR) is 96.6 cm³/mol. The molecule has 5 heteroatoms. The van der Waals surface area contributed by atoms with Gasteiger partial charge in [0.2, 0.25) is 0 Å². The van der Waals surface area contributed by atoms with Gasteiger partial charge < -0.3 is 4.90 Å². The van der Waals surface area contributed by atoms with Crippen LogP contribution in [0.3, 0.4) is 0 Å². The average molecular weight is 331 g/mol. The second kappa shape index (κ2) is 7.99. The van der Waals surface area contributed by atoms with Crippen molar-refractivity contribution < 1.29 is 0 Å². The zero-order valence-electron chi connectivity index (χ0n) is 14.1. The molecule has 2 aromatic heterocycles. The first-order valence-electron chi connectivity index (χ1n) is 8.46. The second-order valence-corrected chi connectivity index (χ2v) is 7.55. The fourth-order valence-electron chi connectivity index (χ4n) is 3.21. The minimum atomic E-state index is 0.697. The average Bonchev–Trinajstić information content (AvgIpc) is 3.09. The number of hydrogen-bond acceptors (Lipinski definition) is 5. The first kappa shape index (κ1) is 16.6. The van der Waals surface area contributed by atoms with Gasteiger partial charge in [-0.3, -0.25) is 4.90 Å². The lowest BCUT2D eigenvalue weighted by Crippen LogP contribution is -2.40. The molecule has 4 nitrogen and oxygen atoms in total. The molecule has 0 spiro atoms. The largest absolute Gasteiger partial charge is 0.309 e. The van der Waals surface area contributed by atoms with Crippen molar-refractivity contribution in [2.24, 2.45) is 0 Å². The molecule has 0 radical (unpaired) electrons. The Labute approximate surface area is 143 Å². The third-order valence-corrected chi connectivity index (χ3v) is 5.36. The number of nitrogens with zero attached hydrogens (tertiary/aromatic N) is 4. The van der Waals surface area contributed by atoms with E-state index >= 15 is 0 Å². The Morgan fingerprint density at radius 2 is 2.09 bits per heavy atom. The molecule has 3 heterocycles. The highest BCUT2D eigenvalue weighted by molar-refractivity contribution is 7.13. The zero-order chi connectivity index (χ0) is 16.1. The predicted octanol–water partition coefficient (Wildman–Crippen LogP) is 3.51. The molecule has 0 aliphatic carbocycles. The molecule has 0 N–H and O–H groups in total. The van der Waals surface area contributed by atoms with E-state index in [4.69, 9.17) is 0 Å². The van der Waals surface area contributed by atoms with Gasteiger partial charge in [0.1, 0.15) is 0 Å². The summed E-state index contributed by atoms with van der Waals surface area (Å²) < 4.78 is 0. The molecule has 0 amide bonds. The number of thiophene rings is 1. The maximum absolute atomic E-state index is 4.55. The first-order valence-corrected chi connectivity index (χ1v) is 9.34. The maximum Gasteiger partial charge on any atom is 0.169 e. The molecule has 3 rings (SSSR count). The Morgan fingerprint density at radius 1 is 1.26 bits per heavy atom. The van der Waals surface area contributed by atoms with Gasteiger partial charge in [0, 0.05) is 30.5 Å². The Kier molecular flexibility index (Phi) is 5.75. The number of aromatic nitrogens is 2. The molecule has 0 saturated carbocycles. The lowest BCUT2D eigenvalue weighted by Gasteiger charge is -2.36. The van der Waals surface area contributed by atoms with Crippen LogP contribution < -0.4 is 0 Å². The van der Waals surface area contributed by atoms with Crippen LogP contribution in [0.4, 0.5) is 0 Å². The number of rotatable bonds is 6. The van der Waals surface area contributed by atoms with Gasteiger partial charge >= 0.3 is 0 Å². The summed E-state index contributed by atoms with van der Waals surface area (Å²) in [4.78, 5) is 15.1. The molecule has 23 heavy (non-hydrogen) atoms. The van der Waals surface area contributed by atoms with E-state index in [9.17, 15) is 0 Å². The highest BCUT2D eigenvalue weighted by Gasteiger charge is 2.22. The molecule has 1 aliphatic rings. The van der Waals surface area contributed by atoms with Crippen LogP contribution in [0.25, 0.3) is 10.7 Å². The first-order chi connectivity index (χ1) is 11.2. The molecule has 1 saturated heterocycles. The third kappa shape index (κ3) is 4.59. The normalized spacial score (nSPS) is 19.3. The van der Waals surface area contributed by atoms with Gasteiger partial charge in [0.05, 0.1) is 4.88 Å². The monoisotopic (exact) mass is 330 g/mol. The van der Waals surface area contributed by atoms with Crippen molar-refractivity contribution >= 4 is 11.3 Å². The van der Waals surface area contributed by atoms with Crippen molar-refractivity contribution in [3.63, 3.8) is 0 Å². The van der Waals surface area contributed by atoms with Crippen molar-refractivity contribution in [2.75, 3.05) is 27.2 Å².